The molecule has 1 atom stereocenters. The van der Waals surface area contributed by atoms with Crippen molar-refractivity contribution in [1.82, 2.24) is 0 Å². The largest absolute Gasteiger partial charge is 0.519 e. The van der Waals surface area contributed by atoms with Gasteiger partial charge in [0.25, 0.3) is 5.91 Å². The second kappa shape index (κ2) is 14.2. The molecular weight excluding hydrogens is 666 g/mol. The average Bonchev–Trinajstić information content (AvgIpc) is 3.44. The molecule has 6 aromatic rings. The van der Waals surface area contributed by atoms with Crippen molar-refractivity contribution in [2.75, 3.05) is 12.0 Å². The lowest BCUT2D eigenvalue weighted by Gasteiger charge is -2.40. The Labute approximate surface area is 308 Å². The third-order valence-corrected chi connectivity index (χ3v) is 9.70. The fraction of sp³-hybridized carbons (Fsp3) is 0.133. The van der Waals surface area contributed by atoms with Crippen LogP contribution in [0.2, 0.25) is 0 Å². The molecule has 53 heavy (non-hydrogen) atoms. The van der Waals surface area contributed by atoms with E-state index in [1.807, 2.05) is 115 Å². The number of esters is 1. The highest BCUT2D eigenvalue weighted by Gasteiger charge is 2.52. The van der Waals surface area contributed by atoms with Crippen molar-refractivity contribution in [1.29, 1.82) is 0 Å². The van der Waals surface area contributed by atoms with E-state index in [4.69, 9.17) is 18.9 Å². The molecule has 1 unspecified atom stereocenters. The zero-order chi connectivity index (χ0) is 37.2. The highest BCUT2D eigenvalue weighted by atomic mass is 16.7. The topological polar surface area (TPSA) is 91.4 Å². The van der Waals surface area contributed by atoms with Gasteiger partial charge in [0.2, 0.25) is 0 Å². The van der Waals surface area contributed by atoms with Gasteiger partial charge in [-0.1, -0.05) is 98.8 Å². The molecule has 0 N–H and O–H groups in total. The van der Waals surface area contributed by atoms with Gasteiger partial charge in [-0.3, -0.25) is 14.5 Å². The monoisotopic (exact) mass is 703 g/mol. The number of amides is 1. The zero-order valence-electron chi connectivity index (χ0n) is 29.7. The highest BCUT2D eigenvalue weighted by molar-refractivity contribution is 6.13. The van der Waals surface area contributed by atoms with Crippen LogP contribution >= 0.6 is 0 Å². The van der Waals surface area contributed by atoms with Crippen molar-refractivity contribution in [3.63, 3.8) is 0 Å². The molecule has 0 fully saturated rings. The van der Waals surface area contributed by atoms with Gasteiger partial charge in [-0.15, -0.1) is 0 Å². The summed E-state index contributed by atoms with van der Waals surface area (Å²) in [6.45, 7) is 5.60. The zero-order valence-corrected chi connectivity index (χ0v) is 29.7. The standard InChI is InChI=1S/C45H37NO7/c1-30(47)51-37-26-18-33(19-27-37)45(41-13-9-8-12-40(41)42(48)46(45)35-10-6-5-7-11-35)34-20-28-39(29-21-34)53-43(49)52-38-24-16-32(17-25-38)44(2,3)31-14-22-36(50-4)23-15-31/h5-29H,1-4H3. The number of fused-ring (bicyclic) bond motifs is 1. The Bertz CT molecular complexity index is 2260. The Kier molecular flexibility index (Phi) is 9.28. The second-order valence-electron chi connectivity index (χ2n) is 13.2. The first kappa shape index (κ1) is 34.8. The van der Waals surface area contributed by atoms with Crippen LogP contribution in [-0.4, -0.2) is 25.1 Å². The molecule has 1 aliphatic heterocycles. The van der Waals surface area contributed by atoms with Gasteiger partial charge in [-0.25, -0.2) is 4.79 Å². The van der Waals surface area contributed by atoms with E-state index in [2.05, 4.69) is 13.8 Å². The summed E-state index contributed by atoms with van der Waals surface area (Å²) in [5.74, 6) is 1.19. The van der Waals surface area contributed by atoms with E-state index in [0.29, 0.717) is 22.7 Å². The Morgan fingerprint density at radius 1 is 0.566 bits per heavy atom. The summed E-state index contributed by atoms with van der Waals surface area (Å²) in [5.41, 5.74) is 4.29. The maximum atomic E-state index is 14.3. The minimum absolute atomic E-state index is 0.168. The van der Waals surface area contributed by atoms with E-state index in [1.54, 1.807) is 48.4 Å². The second-order valence-corrected chi connectivity index (χ2v) is 13.2. The molecule has 8 nitrogen and oxygen atoms in total. The van der Waals surface area contributed by atoms with Crippen molar-refractivity contribution in [2.24, 2.45) is 0 Å². The van der Waals surface area contributed by atoms with Gasteiger partial charge in [0.15, 0.2) is 0 Å². The molecule has 0 spiro atoms. The summed E-state index contributed by atoms with van der Waals surface area (Å²) in [6, 6.07) is 46.5. The number of anilines is 1. The maximum absolute atomic E-state index is 14.3. The van der Waals surface area contributed by atoms with Gasteiger partial charge in [-0.05, 0) is 94.5 Å². The smallest absolute Gasteiger partial charge is 0.497 e. The van der Waals surface area contributed by atoms with Crippen LogP contribution in [0.1, 0.15) is 58.9 Å². The number of benzene rings is 6. The summed E-state index contributed by atoms with van der Waals surface area (Å²) >= 11 is 0. The van der Waals surface area contributed by atoms with Crippen LogP contribution < -0.4 is 23.8 Å². The van der Waals surface area contributed by atoms with Crippen LogP contribution in [0.25, 0.3) is 0 Å². The van der Waals surface area contributed by atoms with E-state index >= 15 is 0 Å². The third-order valence-electron chi connectivity index (χ3n) is 9.70. The predicted octanol–water partition coefficient (Wildman–Crippen LogP) is 9.48. The number of nitrogens with zero attached hydrogens (tertiary/aromatic N) is 1. The molecule has 1 heterocycles. The summed E-state index contributed by atoms with van der Waals surface area (Å²) in [6.07, 6.45) is -0.886. The Hall–Kier alpha value is -6.67. The molecule has 0 aromatic heterocycles. The average molecular weight is 704 g/mol. The minimum atomic E-state index is -1.12. The van der Waals surface area contributed by atoms with Gasteiger partial charge >= 0.3 is 12.1 Å². The first-order chi connectivity index (χ1) is 25.6. The molecule has 8 heteroatoms. The SMILES string of the molecule is COc1ccc(C(C)(C)c2ccc(OC(=O)Oc3ccc(C4(c5ccc(OC(C)=O)cc5)c5ccccc5C(=O)N4c4ccccc4)cc3)cc2)cc1. The van der Waals surface area contributed by atoms with Gasteiger partial charge in [-0.2, -0.15) is 0 Å². The molecule has 0 aliphatic carbocycles. The molecule has 6 aromatic carbocycles. The molecule has 1 amide bonds. The lowest BCUT2D eigenvalue weighted by atomic mass is 9.76. The maximum Gasteiger partial charge on any atom is 0.519 e. The Morgan fingerprint density at radius 2 is 1.02 bits per heavy atom. The first-order valence-electron chi connectivity index (χ1n) is 17.1. The van der Waals surface area contributed by atoms with Gasteiger partial charge in [0.05, 0.1) is 7.11 Å². The van der Waals surface area contributed by atoms with Crippen molar-refractivity contribution in [3.8, 4) is 23.0 Å². The van der Waals surface area contributed by atoms with E-state index in [9.17, 15) is 14.4 Å². The highest BCUT2D eigenvalue weighted by Crippen LogP contribution is 2.51. The number of ether oxygens (including phenoxy) is 4. The minimum Gasteiger partial charge on any atom is -0.497 e. The van der Waals surface area contributed by atoms with Crippen molar-refractivity contribution in [3.05, 3.63) is 185 Å². The molecule has 7 rings (SSSR count). The fourth-order valence-electron chi connectivity index (χ4n) is 7.02. The summed E-state index contributed by atoms with van der Waals surface area (Å²) < 4.78 is 21.8. The number of carbonyl (C=O) groups excluding carboxylic acids is 3. The van der Waals surface area contributed by atoms with Crippen LogP contribution in [0.4, 0.5) is 10.5 Å². The molecule has 0 saturated heterocycles. The van der Waals surface area contributed by atoms with Crippen molar-refractivity contribution in [2.45, 2.75) is 31.7 Å². The molecular formula is C45H37NO7. The lowest BCUT2D eigenvalue weighted by molar-refractivity contribution is -0.131. The Balaban J connectivity index is 1.17. The number of hydrogen-bond donors (Lipinski definition) is 0. The third kappa shape index (κ3) is 6.51. The first-order valence-corrected chi connectivity index (χ1v) is 17.1. The van der Waals surface area contributed by atoms with Crippen LogP contribution in [0.15, 0.2) is 152 Å². The lowest BCUT2D eigenvalue weighted by Crippen LogP contribution is -2.46. The molecule has 264 valence electrons. The number of methoxy groups -OCH3 is 1. The van der Waals surface area contributed by atoms with Crippen LogP contribution in [0.5, 0.6) is 23.0 Å². The number of hydrogen-bond acceptors (Lipinski definition) is 7. The predicted molar refractivity (Wildman–Crippen MR) is 202 cm³/mol. The van der Waals surface area contributed by atoms with Crippen LogP contribution in [-0.2, 0) is 15.7 Å². The number of para-hydroxylation sites is 1. The fourth-order valence-corrected chi connectivity index (χ4v) is 7.02. The van der Waals surface area contributed by atoms with Crippen molar-refractivity contribution >= 4 is 23.7 Å². The quantitative estimate of drug-likeness (QED) is 0.0842. The molecule has 0 saturated carbocycles. The summed E-state index contributed by atoms with van der Waals surface area (Å²) in [7, 11) is 1.64. The van der Waals surface area contributed by atoms with E-state index in [0.717, 1.165) is 33.6 Å². The van der Waals surface area contributed by atoms with Crippen LogP contribution in [0.3, 0.4) is 0 Å². The normalized spacial score (nSPS) is 15.0. The molecule has 0 radical (unpaired) electrons. The van der Waals surface area contributed by atoms with E-state index < -0.39 is 17.7 Å². The van der Waals surface area contributed by atoms with Gasteiger partial charge in [0.1, 0.15) is 28.5 Å². The van der Waals surface area contributed by atoms with Gasteiger partial charge < -0.3 is 18.9 Å². The number of carbonyl (C=O) groups is 3. The van der Waals surface area contributed by atoms with Crippen LogP contribution in [0, 0.1) is 0 Å². The van der Waals surface area contributed by atoms with Crippen molar-refractivity contribution < 1.29 is 33.3 Å². The van der Waals surface area contributed by atoms with E-state index in [1.165, 1.54) is 6.92 Å². The number of rotatable bonds is 9. The molecule has 1 aliphatic rings. The molecule has 0 bridgehead atoms. The van der Waals surface area contributed by atoms with E-state index in [-0.39, 0.29) is 17.1 Å². The van der Waals surface area contributed by atoms with Gasteiger partial charge in [0, 0.05) is 23.6 Å². The summed E-state index contributed by atoms with van der Waals surface area (Å²) in [4.78, 5) is 40.7. The summed E-state index contributed by atoms with van der Waals surface area (Å²) in [5, 5.41) is 0. The Morgan fingerprint density at radius 3 is 1.53 bits per heavy atom.